The van der Waals surface area contributed by atoms with E-state index in [2.05, 4.69) is 9.55 Å². The van der Waals surface area contributed by atoms with E-state index in [-0.39, 0.29) is 5.91 Å². The Morgan fingerprint density at radius 3 is 2.81 bits per heavy atom. The van der Waals surface area contributed by atoms with Gasteiger partial charge < -0.3 is 9.47 Å². The summed E-state index contributed by atoms with van der Waals surface area (Å²) in [5.41, 5.74) is 3.20. The average molecular weight is 306 g/mol. The van der Waals surface area contributed by atoms with Gasteiger partial charge in [-0.05, 0) is 31.4 Å². The first kappa shape index (κ1) is 14.4. The summed E-state index contributed by atoms with van der Waals surface area (Å²) in [6.45, 7) is 4.51. The van der Waals surface area contributed by atoms with Gasteiger partial charge in [-0.1, -0.05) is 12.1 Å². The lowest BCUT2D eigenvalue weighted by atomic mass is 10.2. The molecule has 21 heavy (non-hydrogen) atoms. The second-order valence-corrected chi connectivity index (χ2v) is 5.86. The Bertz CT molecular complexity index is 659. The molecular formula is C16H20ClN3O. The zero-order chi connectivity index (χ0) is 14.8. The zero-order valence-corrected chi connectivity index (χ0v) is 13.1. The van der Waals surface area contributed by atoms with E-state index in [9.17, 15) is 4.79 Å². The third-order valence-corrected chi connectivity index (χ3v) is 4.43. The molecule has 3 rings (SSSR count). The van der Waals surface area contributed by atoms with Crippen molar-refractivity contribution >= 4 is 28.5 Å². The van der Waals surface area contributed by atoms with Gasteiger partial charge in [-0.25, -0.2) is 4.98 Å². The summed E-state index contributed by atoms with van der Waals surface area (Å²) < 4.78 is 2.09. The number of benzene rings is 1. The smallest absolute Gasteiger partial charge is 0.224 e. The highest BCUT2D eigenvalue weighted by Gasteiger charge is 2.19. The number of carbonyl (C=O) groups is 1. The summed E-state index contributed by atoms with van der Waals surface area (Å²) in [4.78, 5) is 18.8. The normalized spacial score (nSPS) is 15.0. The number of aryl methyl sites for hydroxylation is 2. The molecule has 0 saturated carbocycles. The monoisotopic (exact) mass is 305 g/mol. The van der Waals surface area contributed by atoms with Crippen molar-refractivity contribution in [3.63, 3.8) is 0 Å². The molecule has 1 aromatic carbocycles. The number of hydrogen-bond acceptors (Lipinski definition) is 2. The van der Waals surface area contributed by atoms with Crippen LogP contribution >= 0.6 is 11.6 Å². The summed E-state index contributed by atoms with van der Waals surface area (Å²) >= 11 is 6.02. The lowest BCUT2D eigenvalue weighted by Crippen LogP contribution is -2.28. The zero-order valence-electron chi connectivity index (χ0n) is 12.3. The lowest BCUT2D eigenvalue weighted by molar-refractivity contribution is -0.130. The molecule has 112 valence electrons. The molecule has 0 radical (unpaired) electrons. The summed E-state index contributed by atoms with van der Waals surface area (Å²) in [5.74, 6) is 1.45. The quantitative estimate of drug-likeness (QED) is 0.814. The number of halogens is 1. The van der Waals surface area contributed by atoms with Crippen LogP contribution in [0, 0.1) is 6.92 Å². The van der Waals surface area contributed by atoms with Crippen LogP contribution in [-0.2, 0) is 17.2 Å². The molecule has 0 atom stereocenters. The highest BCUT2D eigenvalue weighted by atomic mass is 35.5. The third-order valence-electron chi connectivity index (χ3n) is 4.19. The van der Waals surface area contributed by atoms with Crippen LogP contribution in [0.15, 0.2) is 18.2 Å². The standard InChI is InChI=1S/C16H20ClN3O/c1-12-5-4-6-13-16(12)18-14(11-17)20(13)10-7-15(21)19-8-2-3-9-19/h4-6H,2-3,7-11H2,1H3. The Labute approximate surface area is 129 Å². The number of fused-ring (bicyclic) bond motifs is 1. The van der Waals surface area contributed by atoms with Gasteiger partial charge in [-0.15, -0.1) is 11.6 Å². The maximum absolute atomic E-state index is 12.2. The van der Waals surface area contributed by atoms with Gasteiger partial charge in [0.15, 0.2) is 0 Å². The predicted octanol–water partition coefficient (Wildman–Crippen LogP) is 3.10. The highest BCUT2D eigenvalue weighted by Crippen LogP contribution is 2.21. The molecule has 1 aromatic heterocycles. The number of rotatable bonds is 4. The van der Waals surface area contributed by atoms with Crippen LogP contribution in [0.4, 0.5) is 0 Å². The topological polar surface area (TPSA) is 38.1 Å². The van der Waals surface area contributed by atoms with Crippen molar-refractivity contribution in [2.24, 2.45) is 0 Å². The molecule has 0 bridgehead atoms. The molecule has 0 aliphatic carbocycles. The molecule has 2 aromatic rings. The minimum atomic E-state index is 0.238. The predicted molar refractivity (Wildman–Crippen MR) is 84.5 cm³/mol. The van der Waals surface area contributed by atoms with Gasteiger partial charge in [0.2, 0.25) is 5.91 Å². The van der Waals surface area contributed by atoms with Crippen LogP contribution in [0.1, 0.15) is 30.7 Å². The van der Waals surface area contributed by atoms with Crippen molar-refractivity contribution in [1.82, 2.24) is 14.5 Å². The number of alkyl halides is 1. The number of carbonyl (C=O) groups excluding carboxylic acids is 1. The van der Waals surface area contributed by atoms with Gasteiger partial charge in [0.05, 0.1) is 16.9 Å². The molecule has 0 unspecified atom stereocenters. The Kier molecular flexibility index (Phi) is 4.15. The van der Waals surface area contributed by atoms with Crippen molar-refractivity contribution in [2.75, 3.05) is 13.1 Å². The Morgan fingerprint density at radius 1 is 1.33 bits per heavy atom. The molecule has 5 heteroatoms. The number of aromatic nitrogens is 2. The van der Waals surface area contributed by atoms with Crippen molar-refractivity contribution in [3.8, 4) is 0 Å². The third kappa shape index (κ3) is 2.77. The van der Waals surface area contributed by atoms with E-state index >= 15 is 0 Å². The molecule has 4 nitrogen and oxygen atoms in total. The van der Waals surface area contributed by atoms with E-state index in [4.69, 9.17) is 11.6 Å². The van der Waals surface area contributed by atoms with E-state index in [1.807, 2.05) is 30.0 Å². The number of para-hydroxylation sites is 1. The first-order valence-corrected chi connectivity index (χ1v) is 8.02. The molecule has 1 saturated heterocycles. The van der Waals surface area contributed by atoms with Gasteiger partial charge in [0.25, 0.3) is 0 Å². The molecule has 0 N–H and O–H groups in total. The van der Waals surface area contributed by atoms with Gasteiger partial charge >= 0.3 is 0 Å². The molecular weight excluding hydrogens is 286 g/mol. The second-order valence-electron chi connectivity index (χ2n) is 5.59. The van der Waals surface area contributed by atoms with Crippen LogP contribution in [-0.4, -0.2) is 33.4 Å². The molecule has 1 aliphatic rings. The molecule has 1 amide bonds. The van der Waals surface area contributed by atoms with Crippen LogP contribution in [0.3, 0.4) is 0 Å². The summed E-state index contributed by atoms with van der Waals surface area (Å²) in [7, 11) is 0. The molecule has 1 fully saturated rings. The maximum Gasteiger partial charge on any atom is 0.224 e. The van der Waals surface area contributed by atoms with Gasteiger partial charge in [-0.3, -0.25) is 4.79 Å². The lowest BCUT2D eigenvalue weighted by Gasteiger charge is -2.16. The number of likely N-dealkylation sites (tertiary alicyclic amines) is 1. The number of imidazole rings is 1. The van der Waals surface area contributed by atoms with Crippen LogP contribution in [0.5, 0.6) is 0 Å². The number of nitrogens with zero attached hydrogens (tertiary/aromatic N) is 3. The van der Waals surface area contributed by atoms with Crippen LogP contribution in [0.2, 0.25) is 0 Å². The van der Waals surface area contributed by atoms with E-state index in [0.717, 1.165) is 48.4 Å². The molecule has 1 aliphatic heterocycles. The van der Waals surface area contributed by atoms with Crippen molar-refractivity contribution in [1.29, 1.82) is 0 Å². The fourth-order valence-corrected chi connectivity index (χ4v) is 3.22. The largest absolute Gasteiger partial charge is 0.343 e. The second kappa shape index (κ2) is 6.06. The Balaban J connectivity index is 1.82. The summed E-state index contributed by atoms with van der Waals surface area (Å²) in [6.07, 6.45) is 2.78. The van der Waals surface area contributed by atoms with E-state index in [1.54, 1.807) is 0 Å². The first-order valence-electron chi connectivity index (χ1n) is 7.49. The summed E-state index contributed by atoms with van der Waals surface area (Å²) in [6, 6.07) is 6.12. The number of amides is 1. The van der Waals surface area contributed by atoms with E-state index < -0.39 is 0 Å². The van der Waals surface area contributed by atoms with Crippen LogP contribution < -0.4 is 0 Å². The van der Waals surface area contributed by atoms with Crippen molar-refractivity contribution < 1.29 is 4.79 Å². The first-order chi connectivity index (χ1) is 10.2. The average Bonchev–Trinajstić information content (AvgIpc) is 3.13. The minimum Gasteiger partial charge on any atom is -0.343 e. The maximum atomic E-state index is 12.2. The van der Waals surface area contributed by atoms with E-state index in [0.29, 0.717) is 18.8 Å². The fourth-order valence-electron chi connectivity index (χ4n) is 3.02. The van der Waals surface area contributed by atoms with E-state index in [1.165, 1.54) is 0 Å². The van der Waals surface area contributed by atoms with Crippen LogP contribution in [0.25, 0.3) is 11.0 Å². The Morgan fingerprint density at radius 2 is 2.10 bits per heavy atom. The molecule has 0 spiro atoms. The molecule has 2 heterocycles. The minimum absolute atomic E-state index is 0.238. The Hall–Kier alpha value is -1.55. The fraction of sp³-hybridized carbons (Fsp3) is 0.500. The van der Waals surface area contributed by atoms with Gasteiger partial charge in [-0.2, -0.15) is 0 Å². The number of hydrogen-bond donors (Lipinski definition) is 0. The van der Waals surface area contributed by atoms with Crippen molar-refractivity contribution in [3.05, 3.63) is 29.6 Å². The highest BCUT2D eigenvalue weighted by molar-refractivity contribution is 6.16. The summed E-state index contributed by atoms with van der Waals surface area (Å²) in [5, 5.41) is 0. The SMILES string of the molecule is Cc1cccc2c1nc(CCl)n2CCC(=O)N1CCCC1. The van der Waals surface area contributed by atoms with Gasteiger partial charge in [0.1, 0.15) is 5.82 Å². The van der Waals surface area contributed by atoms with Crippen molar-refractivity contribution in [2.45, 2.75) is 38.6 Å². The van der Waals surface area contributed by atoms with Gasteiger partial charge in [0, 0.05) is 26.1 Å².